The van der Waals surface area contributed by atoms with E-state index in [1.54, 1.807) is 30.5 Å². The third-order valence-corrected chi connectivity index (χ3v) is 5.84. The molecule has 0 atom stereocenters. The van der Waals surface area contributed by atoms with Gasteiger partial charge in [-0.3, -0.25) is 4.79 Å². The Hall–Kier alpha value is -3.24. The second kappa shape index (κ2) is 7.79. The van der Waals surface area contributed by atoms with Crippen molar-refractivity contribution in [3.63, 3.8) is 0 Å². The topological polar surface area (TPSA) is 60.2 Å². The summed E-state index contributed by atoms with van der Waals surface area (Å²) in [5.74, 6) is 0.397. The Bertz CT molecular complexity index is 1030. The maximum Gasteiger partial charge on any atom is 0.264 e. The summed E-state index contributed by atoms with van der Waals surface area (Å²) in [7, 11) is 0. The summed E-state index contributed by atoms with van der Waals surface area (Å²) in [5.41, 5.74) is 1.44. The van der Waals surface area contributed by atoms with Crippen LogP contribution < -0.4 is 4.90 Å². The average molecular weight is 392 g/mol. The molecule has 0 N–H and O–H groups in total. The number of amides is 1. The monoisotopic (exact) mass is 392 g/mol. The van der Waals surface area contributed by atoms with E-state index in [1.807, 2.05) is 21.9 Å². The predicted octanol–water partition coefficient (Wildman–Crippen LogP) is 3.78. The van der Waals surface area contributed by atoms with Gasteiger partial charge in [0.15, 0.2) is 0 Å². The minimum Gasteiger partial charge on any atom is -0.352 e. The standard InChI is InChI=1S/C21H17FN4OS/c22-17-5-3-15(4-6-17)18-7-8-19(28-18)21(27)26-12-10-25(11-13-26)20-16(14-23)2-1-9-24-20/h1-9H,10-13H2. The van der Waals surface area contributed by atoms with Crippen LogP contribution in [0.3, 0.4) is 0 Å². The lowest BCUT2D eigenvalue weighted by atomic mass is 10.2. The first kappa shape index (κ1) is 18.1. The molecule has 1 aromatic carbocycles. The van der Waals surface area contributed by atoms with Gasteiger partial charge in [0.1, 0.15) is 17.7 Å². The fourth-order valence-corrected chi connectivity index (χ4v) is 4.21. The van der Waals surface area contributed by atoms with Crippen molar-refractivity contribution in [3.8, 4) is 16.5 Å². The summed E-state index contributed by atoms with van der Waals surface area (Å²) in [6, 6.07) is 15.7. The molecule has 1 fully saturated rings. The summed E-state index contributed by atoms with van der Waals surface area (Å²) in [4.78, 5) is 22.7. The molecule has 1 amide bonds. The number of rotatable bonds is 3. The Morgan fingerprint density at radius 2 is 1.82 bits per heavy atom. The van der Waals surface area contributed by atoms with Crippen molar-refractivity contribution >= 4 is 23.1 Å². The van der Waals surface area contributed by atoms with E-state index in [1.165, 1.54) is 23.5 Å². The number of nitriles is 1. The molecule has 7 heteroatoms. The fraction of sp³-hybridized carbons (Fsp3) is 0.190. The highest BCUT2D eigenvalue weighted by Crippen LogP contribution is 2.29. The van der Waals surface area contributed by atoms with Gasteiger partial charge in [0.25, 0.3) is 5.91 Å². The summed E-state index contributed by atoms with van der Waals surface area (Å²) >= 11 is 1.41. The van der Waals surface area contributed by atoms with E-state index >= 15 is 0 Å². The van der Waals surface area contributed by atoms with Gasteiger partial charge in [-0.25, -0.2) is 9.37 Å². The molecule has 5 nitrogen and oxygen atoms in total. The minimum atomic E-state index is -0.276. The van der Waals surface area contributed by atoms with Crippen LogP contribution in [-0.4, -0.2) is 42.0 Å². The highest BCUT2D eigenvalue weighted by atomic mass is 32.1. The molecule has 1 aliphatic heterocycles. The van der Waals surface area contributed by atoms with Gasteiger partial charge in [0.2, 0.25) is 0 Å². The van der Waals surface area contributed by atoms with Crippen LogP contribution in [0.2, 0.25) is 0 Å². The molecule has 2 aromatic heterocycles. The van der Waals surface area contributed by atoms with Crippen LogP contribution in [0.4, 0.5) is 10.2 Å². The van der Waals surface area contributed by atoms with Gasteiger partial charge in [-0.15, -0.1) is 11.3 Å². The lowest BCUT2D eigenvalue weighted by Gasteiger charge is -2.35. The number of anilines is 1. The van der Waals surface area contributed by atoms with Crippen LogP contribution in [-0.2, 0) is 0 Å². The maximum absolute atomic E-state index is 13.1. The van der Waals surface area contributed by atoms with Crippen molar-refractivity contribution in [2.75, 3.05) is 31.1 Å². The molecule has 28 heavy (non-hydrogen) atoms. The largest absolute Gasteiger partial charge is 0.352 e. The quantitative estimate of drug-likeness (QED) is 0.681. The number of pyridine rings is 1. The highest BCUT2D eigenvalue weighted by Gasteiger charge is 2.25. The molecule has 4 rings (SSSR count). The molecule has 0 radical (unpaired) electrons. The van der Waals surface area contributed by atoms with Crippen LogP contribution in [0.5, 0.6) is 0 Å². The van der Waals surface area contributed by atoms with Crippen molar-refractivity contribution in [2.45, 2.75) is 0 Å². The second-order valence-electron chi connectivity index (χ2n) is 6.44. The summed E-state index contributed by atoms with van der Waals surface area (Å²) in [5, 5.41) is 9.25. The third-order valence-electron chi connectivity index (χ3n) is 4.72. The molecule has 1 saturated heterocycles. The van der Waals surface area contributed by atoms with Gasteiger partial charge in [-0.05, 0) is 42.0 Å². The molecule has 0 unspecified atom stereocenters. The fourth-order valence-electron chi connectivity index (χ4n) is 3.24. The minimum absolute atomic E-state index is 0.000427. The smallest absolute Gasteiger partial charge is 0.264 e. The first-order valence-corrected chi connectivity index (χ1v) is 9.72. The number of aromatic nitrogens is 1. The Morgan fingerprint density at radius 3 is 2.54 bits per heavy atom. The van der Waals surface area contributed by atoms with Gasteiger partial charge < -0.3 is 9.80 Å². The molecule has 0 aliphatic carbocycles. The Balaban J connectivity index is 1.43. The van der Waals surface area contributed by atoms with Crippen LogP contribution in [0.1, 0.15) is 15.2 Å². The number of nitrogens with zero attached hydrogens (tertiary/aromatic N) is 4. The molecule has 0 spiro atoms. The van der Waals surface area contributed by atoms with E-state index in [0.717, 1.165) is 10.4 Å². The Morgan fingerprint density at radius 1 is 1.07 bits per heavy atom. The lowest BCUT2D eigenvalue weighted by molar-refractivity contribution is 0.0751. The zero-order chi connectivity index (χ0) is 19.5. The molecular weight excluding hydrogens is 375 g/mol. The third kappa shape index (κ3) is 3.59. The highest BCUT2D eigenvalue weighted by molar-refractivity contribution is 7.17. The number of hydrogen-bond acceptors (Lipinski definition) is 5. The van der Waals surface area contributed by atoms with E-state index in [4.69, 9.17) is 0 Å². The number of hydrogen-bond donors (Lipinski definition) is 0. The molecule has 1 aliphatic rings. The Labute approximate surface area is 166 Å². The molecule has 3 aromatic rings. The maximum atomic E-state index is 13.1. The molecular formula is C21H17FN4OS. The van der Waals surface area contributed by atoms with Crippen molar-refractivity contribution in [3.05, 3.63) is 71.0 Å². The number of carbonyl (C=O) groups is 1. The first-order chi connectivity index (χ1) is 13.7. The summed E-state index contributed by atoms with van der Waals surface area (Å²) in [6.45, 7) is 2.41. The second-order valence-corrected chi connectivity index (χ2v) is 7.52. The van der Waals surface area contributed by atoms with E-state index in [0.29, 0.717) is 42.4 Å². The molecule has 0 saturated carbocycles. The summed E-state index contributed by atoms with van der Waals surface area (Å²) < 4.78 is 13.1. The van der Waals surface area contributed by atoms with Crippen LogP contribution in [0, 0.1) is 17.1 Å². The normalized spacial score (nSPS) is 14.0. The zero-order valence-electron chi connectivity index (χ0n) is 15.0. The number of benzene rings is 1. The van der Waals surface area contributed by atoms with Gasteiger partial charge in [-0.2, -0.15) is 5.26 Å². The SMILES string of the molecule is N#Cc1cccnc1N1CCN(C(=O)c2ccc(-c3ccc(F)cc3)s2)CC1. The van der Waals surface area contributed by atoms with Crippen LogP contribution in [0.15, 0.2) is 54.7 Å². The average Bonchev–Trinajstić information content (AvgIpc) is 3.24. The lowest BCUT2D eigenvalue weighted by Crippen LogP contribution is -2.49. The molecule has 3 heterocycles. The van der Waals surface area contributed by atoms with Crippen molar-refractivity contribution in [1.82, 2.24) is 9.88 Å². The first-order valence-electron chi connectivity index (χ1n) is 8.91. The van der Waals surface area contributed by atoms with Gasteiger partial charge >= 0.3 is 0 Å². The van der Waals surface area contributed by atoms with Gasteiger partial charge in [-0.1, -0.05) is 12.1 Å². The predicted molar refractivity (Wildman–Crippen MR) is 107 cm³/mol. The van der Waals surface area contributed by atoms with Crippen LogP contribution >= 0.6 is 11.3 Å². The van der Waals surface area contributed by atoms with E-state index in [-0.39, 0.29) is 11.7 Å². The number of halogens is 1. The van der Waals surface area contributed by atoms with Crippen molar-refractivity contribution in [2.24, 2.45) is 0 Å². The summed E-state index contributed by atoms with van der Waals surface area (Å²) in [6.07, 6.45) is 1.68. The van der Waals surface area contributed by atoms with Crippen molar-refractivity contribution in [1.29, 1.82) is 5.26 Å². The van der Waals surface area contributed by atoms with Gasteiger partial charge in [0.05, 0.1) is 10.4 Å². The van der Waals surface area contributed by atoms with E-state index in [2.05, 4.69) is 11.1 Å². The van der Waals surface area contributed by atoms with E-state index in [9.17, 15) is 14.4 Å². The number of piperazine rings is 1. The Kier molecular flexibility index (Phi) is 5.04. The zero-order valence-corrected chi connectivity index (χ0v) is 15.8. The van der Waals surface area contributed by atoms with Crippen molar-refractivity contribution < 1.29 is 9.18 Å². The molecule has 0 bridgehead atoms. The number of thiophene rings is 1. The number of carbonyl (C=O) groups excluding carboxylic acids is 1. The molecule has 140 valence electrons. The van der Waals surface area contributed by atoms with E-state index < -0.39 is 0 Å². The van der Waals surface area contributed by atoms with Gasteiger partial charge in [0, 0.05) is 37.3 Å². The van der Waals surface area contributed by atoms with Crippen LogP contribution in [0.25, 0.3) is 10.4 Å².